The van der Waals surface area contributed by atoms with Crippen LogP contribution in [0.15, 0.2) is 54.6 Å². The molecule has 34 heavy (non-hydrogen) atoms. The molecule has 0 atom stereocenters. The number of hydrogen-bond donors (Lipinski definition) is 2. The van der Waals surface area contributed by atoms with E-state index in [-0.39, 0.29) is 12.0 Å². The molecule has 0 aliphatic carbocycles. The van der Waals surface area contributed by atoms with Crippen LogP contribution in [0.4, 0.5) is 10.5 Å². The van der Waals surface area contributed by atoms with Crippen molar-refractivity contribution in [2.75, 3.05) is 45.1 Å². The van der Waals surface area contributed by atoms with Crippen LogP contribution in [0.1, 0.15) is 38.5 Å². The third-order valence-electron chi connectivity index (χ3n) is 6.32. The fourth-order valence-electron chi connectivity index (χ4n) is 4.24. The first-order chi connectivity index (χ1) is 16.6. The van der Waals surface area contributed by atoms with E-state index in [0.29, 0.717) is 13.0 Å². The first kappa shape index (κ1) is 25.7. The Kier molecular flexibility index (Phi) is 10.4. The SMILES string of the molecule is CN(CCCCCN)C(=O)CCN1CCC(OC(=O)Nc2ccccc2-c2ccccc2)CC1. The number of carbonyl (C=O) groups is 2. The zero-order valence-corrected chi connectivity index (χ0v) is 20.2. The monoisotopic (exact) mass is 466 g/mol. The number of benzene rings is 2. The molecule has 3 rings (SSSR count). The molecular weight excluding hydrogens is 428 g/mol. The summed E-state index contributed by atoms with van der Waals surface area (Å²) >= 11 is 0. The van der Waals surface area contributed by atoms with Crippen molar-refractivity contribution in [1.82, 2.24) is 9.80 Å². The summed E-state index contributed by atoms with van der Waals surface area (Å²) < 4.78 is 5.70. The van der Waals surface area contributed by atoms with Gasteiger partial charge in [0.15, 0.2) is 0 Å². The third-order valence-corrected chi connectivity index (χ3v) is 6.32. The van der Waals surface area contributed by atoms with Crippen LogP contribution in [0.3, 0.4) is 0 Å². The van der Waals surface area contributed by atoms with Gasteiger partial charge in [-0.3, -0.25) is 10.1 Å². The molecule has 7 nitrogen and oxygen atoms in total. The van der Waals surface area contributed by atoms with Gasteiger partial charge in [0.25, 0.3) is 0 Å². The van der Waals surface area contributed by atoms with Crippen molar-refractivity contribution in [1.29, 1.82) is 0 Å². The second-order valence-electron chi connectivity index (χ2n) is 8.90. The van der Waals surface area contributed by atoms with Crippen LogP contribution >= 0.6 is 0 Å². The van der Waals surface area contributed by atoms with Gasteiger partial charge in [-0.15, -0.1) is 0 Å². The standard InChI is InChI=1S/C27H38N4O3/c1-30(18-9-3-8-17-28)26(32)16-21-31-19-14-23(15-20-31)34-27(33)29-25-13-7-6-12-24(25)22-10-4-2-5-11-22/h2,4-7,10-13,23H,3,8-9,14-21,28H2,1H3,(H,29,33). The predicted molar refractivity (Wildman–Crippen MR) is 137 cm³/mol. The Labute approximate surface area is 203 Å². The number of carbonyl (C=O) groups excluding carboxylic acids is 2. The zero-order chi connectivity index (χ0) is 24.2. The molecule has 1 aliphatic rings. The molecule has 1 heterocycles. The highest BCUT2D eigenvalue weighted by molar-refractivity contribution is 5.91. The van der Waals surface area contributed by atoms with Crippen molar-refractivity contribution in [2.45, 2.75) is 44.6 Å². The summed E-state index contributed by atoms with van der Waals surface area (Å²) in [4.78, 5) is 29.0. The summed E-state index contributed by atoms with van der Waals surface area (Å²) in [5.41, 5.74) is 8.26. The number of nitrogens with zero attached hydrogens (tertiary/aromatic N) is 2. The number of hydrogen-bond acceptors (Lipinski definition) is 5. The Bertz CT molecular complexity index is 898. The molecule has 1 aliphatic heterocycles. The van der Waals surface area contributed by atoms with Crippen molar-refractivity contribution in [3.05, 3.63) is 54.6 Å². The number of nitrogens with one attached hydrogen (secondary N) is 1. The molecule has 2 amide bonds. The Hall–Kier alpha value is -2.90. The van der Waals surface area contributed by atoms with Crippen molar-refractivity contribution in [2.24, 2.45) is 5.73 Å². The average Bonchev–Trinajstić information content (AvgIpc) is 2.86. The zero-order valence-electron chi connectivity index (χ0n) is 20.2. The van der Waals surface area contributed by atoms with Gasteiger partial charge in [0, 0.05) is 45.2 Å². The Morgan fingerprint density at radius 2 is 1.74 bits per heavy atom. The van der Waals surface area contributed by atoms with Gasteiger partial charge < -0.3 is 20.3 Å². The van der Waals surface area contributed by atoms with Crippen molar-refractivity contribution >= 4 is 17.7 Å². The van der Waals surface area contributed by atoms with Crippen LogP contribution in [0.25, 0.3) is 11.1 Å². The largest absolute Gasteiger partial charge is 0.446 e. The summed E-state index contributed by atoms with van der Waals surface area (Å²) in [6.45, 7) is 3.89. The van der Waals surface area contributed by atoms with Crippen LogP contribution in [0.5, 0.6) is 0 Å². The van der Waals surface area contributed by atoms with E-state index in [9.17, 15) is 9.59 Å². The lowest BCUT2D eigenvalue weighted by atomic mass is 10.0. The van der Waals surface area contributed by atoms with Crippen LogP contribution in [0.2, 0.25) is 0 Å². The van der Waals surface area contributed by atoms with E-state index in [2.05, 4.69) is 10.2 Å². The van der Waals surface area contributed by atoms with Gasteiger partial charge in [0.1, 0.15) is 6.10 Å². The molecule has 1 saturated heterocycles. The molecule has 0 bridgehead atoms. The quantitative estimate of drug-likeness (QED) is 0.481. The van der Waals surface area contributed by atoms with Gasteiger partial charge in [-0.25, -0.2) is 4.79 Å². The highest BCUT2D eigenvalue weighted by Crippen LogP contribution is 2.28. The topological polar surface area (TPSA) is 87.9 Å². The number of unbranched alkanes of at least 4 members (excludes halogenated alkanes) is 2. The van der Waals surface area contributed by atoms with Crippen LogP contribution in [0, 0.1) is 0 Å². The lowest BCUT2D eigenvalue weighted by molar-refractivity contribution is -0.130. The Morgan fingerprint density at radius 3 is 2.47 bits per heavy atom. The van der Waals surface area contributed by atoms with Gasteiger partial charge >= 0.3 is 6.09 Å². The Morgan fingerprint density at radius 1 is 1.03 bits per heavy atom. The molecule has 2 aromatic rings. The molecule has 0 aromatic heterocycles. The summed E-state index contributed by atoms with van der Waals surface area (Å²) in [5.74, 6) is 0.183. The van der Waals surface area contributed by atoms with E-state index in [1.807, 2.05) is 66.5 Å². The molecule has 1 fully saturated rings. The normalized spacial score (nSPS) is 14.5. The van der Waals surface area contributed by atoms with Gasteiger partial charge in [0.05, 0.1) is 5.69 Å². The van der Waals surface area contributed by atoms with Gasteiger partial charge in [-0.05, 0) is 43.9 Å². The highest BCUT2D eigenvalue weighted by Gasteiger charge is 2.23. The van der Waals surface area contributed by atoms with Crippen LogP contribution in [-0.2, 0) is 9.53 Å². The summed E-state index contributed by atoms with van der Waals surface area (Å²) in [5, 5.41) is 2.91. The van der Waals surface area contributed by atoms with E-state index >= 15 is 0 Å². The number of piperidine rings is 1. The summed E-state index contributed by atoms with van der Waals surface area (Å²) in [7, 11) is 1.87. The van der Waals surface area contributed by atoms with E-state index in [1.54, 1.807) is 0 Å². The van der Waals surface area contributed by atoms with E-state index in [4.69, 9.17) is 10.5 Å². The number of nitrogens with two attached hydrogens (primary N) is 1. The lowest BCUT2D eigenvalue weighted by Crippen LogP contribution is -2.40. The minimum absolute atomic E-state index is 0.110. The van der Waals surface area contributed by atoms with Crippen LogP contribution < -0.4 is 11.1 Å². The Balaban J connectivity index is 1.38. The number of anilines is 1. The first-order valence-corrected chi connectivity index (χ1v) is 12.4. The number of amides is 2. The molecule has 0 saturated carbocycles. The minimum Gasteiger partial charge on any atom is -0.446 e. The van der Waals surface area contributed by atoms with Crippen LogP contribution in [-0.4, -0.2) is 67.7 Å². The third kappa shape index (κ3) is 8.15. The number of rotatable bonds is 11. The lowest BCUT2D eigenvalue weighted by Gasteiger charge is -2.31. The molecule has 3 N–H and O–H groups in total. The van der Waals surface area contributed by atoms with E-state index in [1.165, 1.54) is 0 Å². The van der Waals surface area contributed by atoms with E-state index in [0.717, 1.165) is 75.1 Å². The molecule has 0 spiro atoms. The molecule has 2 aromatic carbocycles. The fraction of sp³-hybridized carbons (Fsp3) is 0.481. The number of para-hydroxylation sites is 1. The summed E-state index contributed by atoms with van der Waals surface area (Å²) in [6.07, 6.45) is 4.61. The molecule has 0 radical (unpaired) electrons. The second kappa shape index (κ2) is 13.7. The number of likely N-dealkylation sites (tertiary alicyclic amines) is 1. The average molecular weight is 467 g/mol. The van der Waals surface area contributed by atoms with Crippen molar-refractivity contribution < 1.29 is 14.3 Å². The smallest absolute Gasteiger partial charge is 0.411 e. The summed E-state index contributed by atoms with van der Waals surface area (Å²) in [6, 6.07) is 17.7. The van der Waals surface area contributed by atoms with Crippen molar-refractivity contribution in [3.63, 3.8) is 0 Å². The molecule has 184 valence electrons. The minimum atomic E-state index is -0.423. The molecular formula is C27H38N4O3. The number of ether oxygens (including phenoxy) is 1. The van der Waals surface area contributed by atoms with Crippen molar-refractivity contribution in [3.8, 4) is 11.1 Å². The van der Waals surface area contributed by atoms with Gasteiger partial charge in [-0.2, -0.15) is 0 Å². The first-order valence-electron chi connectivity index (χ1n) is 12.4. The highest BCUT2D eigenvalue weighted by atomic mass is 16.6. The van der Waals surface area contributed by atoms with Gasteiger partial charge in [-0.1, -0.05) is 55.0 Å². The maximum atomic E-state index is 12.6. The molecule has 7 heteroatoms. The van der Waals surface area contributed by atoms with E-state index < -0.39 is 6.09 Å². The molecule has 0 unspecified atom stereocenters. The maximum absolute atomic E-state index is 12.6. The maximum Gasteiger partial charge on any atom is 0.411 e. The fourth-order valence-corrected chi connectivity index (χ4v) is 4.24. The second-order valence-corrected chi connectivity index (χ2v) is 8.90. The van der Waals surface area contributed by atoms with Gasteiger partial charge in [0.2, 0.25) is 5.91 Å². The predicted octanol–water partition coefficient (Wildman–Crippen LogP) is 4.34.